The van der Waals surface area contributed by atoms with Crippen LogP contribution in [0.25, 0.3) is 0 Å². The Bertz CT molecular complexity index is 1340. The summed E-state index contributed by atoms with van der Waals surface area (Å²) in [5, 5.41) is 23.4. The Hall–Kier alpha value is -3.25. The van der Waals surface area contributed by atoms with Gasteiger partial charge in [0.15, 0.2) is 0 Å². The summed E-state index contributed by atoms with van der Waals surface area (Å²) in [7, 11) is 0. The van der Waals surface area contributed by atoms with E-state index in [0.717, 1.165) is 11.8 Å². The second-order valence-corrected chi connectivity index (χ2v) is 11.1. The Kier molecular flexibility index (Phi) is 8.98. The van der Waals surface area contributed by atoms with Crippen LogP contribution in [0.15, 0.2) is 60.9 Å². The molecule has 10 heteroatoms. The molecule has 0 amide bonds. The highest BCUT2D eigenvalue weighted by Gasteiger charge is 2.61. The average Bonchev–Trinajstić information content (AvgIpc) is 3.15. The second kappa shape index (κ2) is 11.6. The predicted octanol–water partition coefficient (Wildman–Crippen LogP) is 6.34. The molecule has 2 heterocycles. The minimum absolute atomic E-state index is 0.0331. The normalized spacial score (nSPS) is 22.7. The van der Waals surface area contributed by atoms with E-state index >= 15 is 8.78 Å². The molecule has 0 bridgehead atoms. The number of carboxylic acids is 1. The Balaban J connectivity index is 0.000000494. The van der Waals surface area contributed by atoms with E-state index in [0.29, 0.717) is 6.42 Å². The average molecular weight is 561 g/mol. The van der Waals surface area contributed by atoms with Crippen molar-refractivity contribution in [2.75, 3.05) is 5.73 Å². The number of hydrogen-bond acceptors (Lipinski definition) is 5. The molecule has 6 nitrogen and oxygen atoms in total. The van der Waals surface area contributed by atoms with Gasteiger partial charge in [-0.15, -0.1) is 0 Å². The molecule has 200 valence electrons. The Morgan fingerprint density at radius 2 is 1.84 bits per heavy atom. The molecule has 1 fully saturated rings. The van der Waals surface area contributed by atoms with Gasteiger partial charge in [0.05, 0.1) is 11.1 Å². The van der Waals surface area contributed by atoms with Crippen LogP contribution in [0.3, 0.4) is 0 Å². The number of halogens is 4. The lowest BCUT2D eigenvalue weighted by Gasteiger charge is -2.37. The van der Waals surface area contributed by atoms with Crippen LogP contribution >= 0.6 is 23.2 Å². The molecule has 3 aromatic rings. The van der Waals surface area contributed by atoms with E-state index in [-0.39, 0.29) is 26.6 Å². The fraction of sp³-hybridized carbons (Fsp3) is 0.321. The van der Waals surface area contributed by atoms with Gasteiger partial charge in [0.2, 0.25) is 0 Å². The molecular formula is C28H28Cl2F2N4O2. The van der Waals surface area contributed by atoms with Crippen LogP contribution in [0.4, 0.5) is 14.5 Å². The number of pyridine rings is 1. The number of rotatable bonds is 4. The van der Waals surface area contributed by atoms with Gasteiger partial charge in [-0.05, 0) is 47.7 Å². The SMILES string of the molecule is CC(C)(C)C[C@@H]1N[C@@H](C(=O)O)[C@H](c2cccc(Cl)c2F)[C@@]1(C#N)c1ccc(Cl)cc1F.Nc1ccncc1. The number of anilines is 1. The third kappa shape index (κ3) is 6.07. The van der Waals surface area contributed by atoms with Crippen LogP contribution in [-0.4, -0.2) is 28.1 Å². The molecular weight excluding hydrogens is 533 g/mol. The zero-order chi connectivity index (χ0) is 28.3. The molecule has 1 saturated heterocycles. The van der Waals surface area contributed by atoms with Crippen LogP contribution in [0.1, 0.15) is 44.2 Å². The lowest BCUT2D eigenvalue weighted by molar-refractivity contribution is -0.139. The van der Waals surface area contributed by atoms with E-state index < -0.39 is 41.0 Å². The highest BCUT2D eigenvalue weighted by molar-refractivity contribution is 6.31. The summed E-state index contributed by atoms with van der Waals surface area (Å²) >= 11 is 11.9. The fourth-order valence-electron chi connectivity index (χ4n) is 4.91. The number of carbonyl (C=O) groups is 1. The molecule has 0 unspecified atom stereocenters. The fourth-order valence-corrected chi connectivity index (χ4v) is 5.25. The molecule has 4 N–H and O–H groups in total. The first-order valence-electron chi connectivity index (χ1n) is 11.8. The number of nitrogens with two attached hydrogens (primary N) is 1. The van der Waals surface area contributed by atoms with Gasteiger partial charge in [0.25, 0.3) is 0 Å². The molecule has 0 radical (unpaired) electrons. The van der Waals surface area contributed by atoms with E-state index in [4.69, 9.17) is 28.9 Å². The van der Waals surface area contributed by atoms with Crippen LogP contribution in [0.5, 0.6) is 0 Å². The number of aliphatic carboxylic acids is 1. The Morgan fingerprint density at radius 1 is 1.18 bits per heavy atom. The molecule has 38 heavy (non-hydrogen) atoms. The van der Waals surface area contributed by atoms with Gasteiger partial charge in [0, 0.05) is 40.6 Å². The first kappa shape index (κ1) is 29.3. The van der Waals surface area contributed by atoms with E-state index in [1.807, 2.05) is 20.8 Å². The molecule has 4 rings (SSSR count). The lowest BCUT2D eigenvalue weighted by Crippen LogP contribution is -2.44. The number of nitrogens with one attached hydrogen (secondary N) is 1. The van der Waals surface area contributed by atoms with Crippen molar-refractivity contribution < 1.29 is 18.7 Å². The predicted molar refractivity (Wildman–Crippen MR) is 144 cm³/mol. The lowest BCUT2D eigenvalue weighted by atomic mass is 9.62. The van der Waals surface area contributed by atoms with Crippen molar-refractivity contribution in [1.29, 1.82) is 5.26 Å². The summed E-state index contributed by atoms with van der Waals surface area (Å²) in [6, 6.07) is 11.7. The quantitative estimate of drug-likeness (QED) is 0.343. The Labute approximate surface area is 230 Å². The summed E-state index contributed by atoms with van der Waals surface area (Å²) in [6.45, 7) is 5.79. The number of aromatic nitrogens is 1. The van der Waals surface area contributed by atoms with Crippen molar-refractivity contribution in [3.05, 3.63) is 93.7 Å². The highest BCUT2D eigenvalue weighted by atomic mass is 35.5. The first-order valence-corrected chi connectivity index (χ1v) is 12.5. The summed E-state index contributed by atoms with van der Waals surface area (Å²) in [5.41, 5.74) is 3.92. The molecule has 0 spiro atoms. The zero-order valence-corrected chi connectivity index (χ0v) is 22.6. The van der Waals surface area contributed by atoms with Crippen LogP contribution in [0.2, 0.25) is 10.0 Å². The number of hydrogen-bond donors (Lipinski definition) is 3. The molecule has 4 atom stereocenters. The number of nitrogen functional groups attached to an aromatic ring is 1. The van der Waals surface area contributed by atoms with E-state index in [1.54, 1.807) is 24.5 Å². The van der Waals surface area contributed by atoms with E-state index in [9.17, 15) is 15.2 Å². The van der Waals surface area contributed by atoms with Crippen molar-refractivity contribution >= 4 is 34.9 Å². The molecule has 1 aliphatic heterocycles. The van der Waals surface area contributed by atoms with E-state index in [1.165, 1.54) is 30.3 Å². The van der Waals surface area contributed by atoms with Crippen molar-refractivity contribution in [2.45, 2.75) is 50.6 Å². The van der Waals surface area contributed by atoms with Crippen molar-refractivity contribution in [3.63, 3.8) is 0 Å². The van der Waals surface area contributed by atoms with E-state index in [2.05, 4.69) is 16.4 Å². The zero-order valence-electron chi connectivity index (χ0n) is 21.1. The summed E-state index contributed by atoms with van der Waals surface area (Å²) < 4.78 is 30.3. The topological polar surface area (TPSA) is 112 Å². The number of benzene rings is 2. The molecule has 2 aromatic carbocycles. The smallest absolute Gasteiger partial charge is 0.321 e. The van der Waals surface area contributed by atoms with Gasteiger partial charge in [-0.25, -0.2) is 8.78 Å². The van der Waals surface area contributed by atoms with Crippen molar-refractivity contribution in [3.8, 4) is 6.07 Å². The van der Waals surface area contributed by atoms with Gasteiger partial charge >= 0.3 is 5.97 Å². The number of nitriles is 1. The molecule has 0 aliphatic carbocycles. The maximum atomic E-state index is 15.2. The van der Waals surface area contributed by atoms with Crippen LogP contribution in [0, 0.1) is 28.4 Å². The maximum absolute atomic E-state index is 15.2. The Morgan fingerprint density at radius 3 is 2.34 bits per heavy atom. The van der Waals surface area contributed by atoms with Gasteiger partial charge in [-0.2, -0.15) is 5.26 Å². The van der Waals surface area contributed by atoms with Gasteiger partial charge in [-0.1, -0.05) is 62.2 Å². The highest BCUT2D eigenvalue weighted by Crippen LogP contribution is 2.52. The molecule has 1 aliphatic rings. The largest absolute Gasteiger partial charge is 0.480 e. The number of nitrogens with zero attached hydrogens (tertiary/aromatic N) is 2. The summed E-state index contributed by atoms with van der Waals surface area (Å²) in [6.07, 6.45) is 3.66. The molecule has 0 saturated carbocycles. The van der Waals surface area contributed by atoms with Crippen molar-refractivity contribution in [2.24, 2.45) is 5.41 Å². The monoisotopic (exact) mass is 560 g/mol. The third-order valence-corrected chi connectivity index (χ3v) is 6.95. The summed E-state index contributed by atoms with van der Waals surface area (Å²) in [5.74, 6) is -4.09. The number of carboxylic acid groups (broad SMARTS) is 1. The second-order valence-electron chi connectivity index (χ2n) is 10.3. The van der Waals surface area contributed by atoms with Gasteiger partial charge < -0.3 is 10.8 Å². The van der Waals surface area contributed by atoms with Gasteiger partial charge in [0.1, 0.15) is 23.1 Å². The van der Waals surface area contributed by atoms with Crippen molar-refractivity contribution in [1.82, 2.24) is 10.3 Å². The maximum Gasteiger partial charge on any atom is 0.321 e. The minimum Gasteiger partial charge on any atom is -0.480 e. The first-order chi connectivity index (χ1) is 17.8. The standard InChI is InChI=1S/C23H22Cl2F2N2O2.C5H6N2/c1-22(2,3)10-17-23(11-28,14-8-7-12(24)9-16(14)26)18(20(29-17)21(30)31)13-5-4-6-15(25)19(13)27;6-5-1-3-7-4-2-5/h4-9,17-18,20,29H,10H2,1-3H3,(H,30,31);1-4H,(H2,6,7)/t17-,18-,20+,23-;/m0./s1. The third-order valence-electron chi connectivity index (χ3n) is 6.42. The van der Waals surface area contributed by atoms with Crippen LogP contribution < -0.4 is 11.1 Å². The minimum atomic E-state index is -1.73. The van der Waals surface area contributed by atoms with Gasteiger partial charge in [-0.3, -0.25) is 15.1 Å². The van der Waals surface area contributed by atoms with Crippen LogP contribution in [-0.2, 0) is 10.2 Å². The molecule has 1 aromatic heterocycles. The summed E-state index contributed by atoms with van der Waals surface area (Å²) in [4.78, 5) is 16.0.